The second-order valence-corrected chi connectivity index (χ2v) is 6.10. The normalized spacial score (nSPS) is 11.0. The van der Waals surface area contributed by atoms with Gasteiger partial charge in [0, 0.05) is 5.56 Å². The topological polar surface area (TPSA) is 44.8 Å². The van der Waals surface area contributed by atoms with E-state index in [4.69, 9.17) is 14.2 Å². The molecule has 0 radical (unpaired) electrons. The highest BCUT2D eigenvalue weighted by Crippen LogP contribution is 2.25. The van der Waals surface area contributed by atoms with Gasteiger partial charge in [0.1, 0.15) is 30.5 Å². The summed E-state index contributed by atoms with van der Waals surface area (Å²) in [5.41, 5.74) is 1.92. The summed E-state index contributed by atoms with van der Waals surface area (Å²) in [4.78, 5) is 12.8. The van der Waals surface area contributed by atoms with Gasteiger partial charge in [0.15, 0.2) is 0 Å². The molecule has 0 N–H and O–H groups in total. The second-order valence-electron chi connectivity index (χ2n) is 6.10. The lowest BCUT2D eigenvalue weighted by Crippen LogP contribution is -2.13. The van der Waals surface area contributed by atoms with Gasteiger partial charge in [0.25, 0.3) is 0 Å². The van der Waals surface area contributed by atoms with E-state index in [1.165, 1.54) is 24.3 Å². The smallest absolute Gasteiger partial charge is 0.338 e. The maximum Gasteiger partial charge on any atom is 0.338 e. The molecule has 0 aliphatic carbocycles. The number of ether oxygens (including phenoxy) is 3. The lowest BCUT2D eigenvalue weighted by atomic mass is 10.0. The van der Waals surface area contributed by atoms with Crippen LogP contribution < -0.4 is 9.47 Å². The molecule has 0 spiro atoms. The van der Waals surface area contributed by atoms with Gasteiger partial charge in [0.05, 0.1) is 12.7 Å². The minimum Gasteiger partial charge on any atom is -0.496 e. The van der Waals surface area contributed by atoms with Gasteiger partial charge in [-0.1, -0.05) is 48.5 Å². The Labute approximate surface area is 169 Å². The molecule has 3 rings (SSSR count). The van der Waals surface area contributed by atoms with E-state index in [1.807, 2.05) is 54.6 Å². The van der Waals surface area contributed by atoms with Crippen molar-refractivity contribution in [2.75, 3.05) is 20.3 Å². The average molecular weight is 392 g/mol. The van der Waals surface area contributed by atoms with Crippen molar-refractivity contribution >= 4 is 17.6 Å². The minimum absolute atomic E-state index is 0.0618. The lowest BCUT2D eigenvalue weighted by Gasteiger charge is -2.11. The van der Waals surface area contributed by atoms with Crippen LogP contribution in [0.15, 0.2) is 78.9 Å². The SMILES string of the molecule is COc1ccccc1/C=C(/C(=O)OCCOc1ccc(F)cc1)c1ccccc1. The van der Waals surface area contributed by atoms with Crippen LogP contribution in [0.4, 0.5) is 4.39 Å². The minimum atomic E-state index is -0.468. The molecule has 3 aromatic rings. The molecule has 0 unspecified atom stereocenters. The number of carbonyl (C=O) groups is 1. The van der Waals surface area contributed by atoms with Crippen LogP contribution in [-0.2, 0) is 9.53 Å². The van der Waals surface area contributed by atoms with Gasteiger partial charge >= 0.3 is 5.97 Å². The Morgan fingerprint density at radius 2 is 1.59 bits per heavy atom. The number of methoxy groups -OCH3 is 1. The molecule has 4 nitrogen and oxygen atoms in total. The molecule has 0 heterocycles. The summed E-state index contributed by atoms with van der Waals surface area (Å²) in [6, 6.07) is 22.4. The molecule has 0 bridgehead atoms. The number of hydrogen-bond donors (Lipinski definition) is 0. The molecular weight excluding hydrogens is 371 g/mol. The zero-order valence-electron chi connectivity index (χ0n) is 16.0. The molecule has 148 valence electrons. The van der Waals surface area contributed by atoms with Crippen molar-refractivity contribution in [2.24, 2.45) is 0 Å². The highest BCUT2D eigenvalue weighted by atomic mass is 19.1. The molecule has 0 fully saturated rings. The predicted octanol–water partition coefficient (Wildman–Crippen LogP) is 5.00. The summed E-state index contributed by atoms with van der Waals surface area (Å²) in [5.74, 6) is 0.367. The Balaban J connectivity index is 1.71. The van der Waals surface area contributed by atoms with Crippen molar-refractivity contribution < 1.29 is 23.4 Å². The van der Waals surface area contributed by atoms with Gasteiger partial charge in [-0.25, -0.2) is 9.18 Å². The van der Waals surface area contributed by atoms with Crippen molar-refractivity contribution in [3.05, 3.63) is 95.8 Å². The first-order chi connectivity index (χ1) is 14.2. The zero-order valence-corrected chi connectivity index (χ0v) is 16.0. The maximum absolute atomic E-state index is 12.9. The molecule has 0 saturated heterocycles. The summed E-state index contributed by atoms with van der Waals surface area (Å²) in [6.07, 6.45) is 1.75. The van der Waals surface area contributed by atoms with Crippen molar-refractivity contribution in [3.63, 3.8) is 0 Å². The quantitative estimate of drug-likeness (QED) is 0.234. The van der Waals surface area contributed by atoms with Crippen LogP contribution in [0.25, 0.3) is 11.6 Å². The second kappa shape index (κ2) is 10.1. The summed E-state index contributed by atoms with van der Waals surface area (Å²) < 4.78 is 29.2. The number of benzene rings is 3. The Hall–Kier alpha value is -3.60. The third-order valence-corrected chi connectivity index (χ3v) is 4.14. The van der Waals surface area contributed by atoms with Crippen molar-refractivity contribution in [2.45, 2.75) is 0 Å². The van der Waals surface area contributed by atoms with E-state index in [2.05, 4.69) is 0 Å². The average Bonchev–Trinajstić information content (AvgIpc) is 2.77. The fourth-order valence-electron chi connectivity index (χ4n) is 2.72. The molecule has 0 saturated carbocycles. The molecule has 5 heteroatoms. The van der Waals surface area contributed by atoms with Crippen LogP contribution in [0.3, 0.4) is 0 Å². The number of hydrogen-bond acceptors (Lipinski definition) is 4. The number of rotatable bonds is 8. The first-order valence-electron chi connectivity index (χ1n) is 9.13. The van der Waals surface area contributed by atoms with Crippen molar-refractivity contribution in [1.29, 1.82) is 0 Å². The largest absolute Gasteiger partial charge is 0.496 e. The van der Waals surface area contributed by atoms with Crippen LogP contribution in [0.2, 0.25) is 0 Å². The van der Waals surface area contributed by atoms with E-state index >= 15 is 0 Å². The van der Waals surface area contributed by atoms with E-state index in [0.29, 0.717) is 17.1 Å². The van der Waals surface area contributed by atoms with Crippen molar-refractivity contribution in [3.8, 4) is 11.5 Å². The van der Waals surface area contributed by atoms with Crippen LogP contribution >= 0.6 is 0 Å². The molecule has 0 amide bonds. The Kier molecular flexibility index (Phi) is 7.00. The Bertz CT molecular complexity index is 966. The van der Waals surface area contributed by atoms with E-state index in [9.17, 15) is 9.18 Å². The molecule has 0 atom stereocenters. The standard InChI is InChI=1S/C24H21FO4/c1-27-23-10-6-5-9-19(23)17-22(18-7-3-2-4-8-18)24(26)29-16-15-28-21-13-11-20(25)12-14-21/h2-14,17H,15-16H2,1H3/b22-17+. The van der Waals surface area contributed by atoms with Crippen LogP contribution in [0.1, 0.15) is 11.1 Å². The molecule has 3 aromatic carbocycles. The fourth-order valence-corrected chi connectivity index (χ4v) is 2.72. The predicted molar refractivity (Wildman–Crippen MR) is 110 cm³/mol. The Morgan fingerprint density at radius 1 is 0.897 bits per heavy atom. The van der Waals surface area contributed by atoms with Crippen LogP contribution in [0, 0.1) is 5.82 Å². The third-order valence-electron chi connectivity index (χ3n) is 4.14. The first kappa shape index (κ1) is 20.1. The summed E-state index contributed by atoms with van der Waals surface area (Å²) >= 11 is 0. The zero-order chi connectivity index (χ0) is 20.5. The highest BCUT2D eigenvalue weighted by Gasteiger charge is 2.15. The first-order valence-corrected chi connectivity index (χ1v) is 9.13. The van der Waals surface area contributed by atoms with E-state index < -0.39 is 5.97 Å². The van der Waals surface area contributed by atoms with Crippen LogP contribution in [0.5, 0.6) is 11.5 Å². The third kappa shape index (κ3) is 5.69. The Morgan fingerprint density at radius 3 is 2.31 bits per heavy atom. The molecular formula is C24H21FO4. The van der Waals surface area contributed by atoms with E-state index in [0.717, 1.165) is 11.1 Å². The summed E-state index contributed by atoms with van der Waals surface area (Å²) in [7, 11) is 1.58. The van der Waals surface area contributed by atoms with Gasteiger partial charge < -0.3 is 14.2 Å². The van der Waals surface area contributed by atoms with Gasteiger partial charge in [-0.05, 0) is 42.0 Å². The summed E-state index contributed by atoms with van der Waals surface area (Å²) in [6.45, 7) is 0.223. The number of carbonyl (C=O) groups excluding carboxylic acids is 1. The van der Waals surface area contributed by atoms with Crippen molar-refractivity contribution in [1.82, 2.24) is 0 Å². The van der Waals surface area contributed by atoms with Gasteiger partial charge in [-0.3, -0.25) is 0 Å². The summed E-state index contributed by atoms with van der Waals surface area (Å²) in [5, 5.41) is 0. The molecule has 0 aliphatic heterocycles. The van der Waals surface area contributed by atoms with E-state index in [1.54, 1.807) is 13.2 Å². The number of halogens is 1. The monoisotopic (exact) mass is 392 g/mol. The van der Waals surface area contributed by atoms with Gasteiger partial charge in [0.2, 0.25) is 0 Å². The van der Waals surface area contributed by atoms with E-state index in [-0.39, 0.29) is 19.0 Å². The number of esters is 1. The molecule has 0 aliphatic rings. The number of para-hydroxylation sites is 1. The van der Waals surface area contributed by atoms with Gasteiger partial charge in [-0.15, -0.1) is 0 Å². The van der Waals surface area contributed by atoms with Gasteiger partial charge in [-0.2, -0.15) is 0 Å². The highest BCUT2D eigenvalue weighted by molar-refractivity contribution is 6.21. The maximum atomic E-state index is 12.9. The molecule has 0 aromatic heterocycles. The fraction of sp³-hybridized carbons (Fsp3) is 0.125. The van der Waals surface area contributed by atoms with Crippen LogP contribution in [-0.4, -0.2) is 26.3 Å². The molecule has 29 heavy (non-hydrogen) atoms. The lowest BCUT2D eigenvalue weighted by molar-refractivity contribution is -0.137.